The zero-order chi connectivity index (χ0) is 23.2. The van der Waals surface area contributed by atoms with E-state index in [-0.39, 0.29) is 12.4 Å². The Kier molecular flexibility index (Phi) is 22.9. The van der Waals surface area contributed by atoms with E-state index in [1.165, 1.54) is 152 Å². The fourth-order valence-electron chi connectivity index (χ4n) is 5.49. The summed E-state index contributed by atoms with van der Waals surface area (Å²) in [5, 5.41) is 0. The van der Waals surface area contributed by atoms with Crippen molar-refractivity contribution in [1.82, 2.24) is 0 Å². The summed E-state index contributed by atoms with van der Waals surface area (Å²) in [7, 11) is 0. The van der Waals surface area contributed by atoms with Crippen LogP contribution in [0, 0.1) is 0 Å². The molecule has 0 aliphatic carbocycles. The molecule has 0 radical (unpaired) electrons. The Morgan fingerprint density at radius 2 is 0.848 bits per heavy atom. The van der Waals surface area contributed by atoms with Gasteiger partial charge in [0.2, 0.25) is 0 Å². The van der Waals surface area contributed by atoms with E-state index in [0.29, 0.717) is 0 Å². The molecule has 0 N–H and O–H groups in total. The molecule has 1 aromatic carbocycles. The first kappa shape index (κ1) is 32.5. The normalized spacial score (nSPS) is 11.5. The van der Waals surface area contributed by atoms with Crippen molar-refractivity contribution in [2.75, 3.05) is 19.6 Å². The van der Waals surface area contributed by atoms with Gasteiger partial charge in [-0.25, -0.2) is 0 Å². The number of hydrogen-bond acceptors (Lipinski definition) is 0. The number of unbranched alkanes of at least 4 members (excludes halogenated alkanes) is 15. The van der Waals surface area contributed by atoms with E-state index in [2.05, 4.69) is 51.1 Å². The average Bonchev–Trinajstić information content (AvgIpc) is 2.80. The lowest BCUT2D eigenvalue weighted by atomic mass is 10.0. The minimum absolute atomic E-state index is 0. The first-order valence-electron chi connectivity index (χ1n) is 14.7. The lowest BCUT2D eigenvalue weighted by Gasteiger charge is -2.39. The van der Waals surface area contributed by atoms with Crippen LogP contribution in [0.25, 0.3) is 0 Å². The highest BCUT2D eigenvalue weighted by Gasteiger charge is 2.25. The number of hydrogen-bond donors (Lipinski definition) is 0. The van der Waals surface area contributed by atoms with Crippen LogP contribution in [0.3, 0.4) is 0 Å². The summed E-state index contributed by atoms with van der Waals surface area (Å²) < 4.78 is 1.30. The van der Waals surface area contributed by atoms with Crippen molar-refractivity contribution < 1.29 is 16.9 Å². The molecule has 0 saturated carbocycles. The highest BCUT2D eigenvalue weighted by atomic mass is 35.5. The third kappa shape index (κ3) is 17.5. The number of benzene rings is 1. The molecule has 0 aliphatic heterocycles. The van der Waals surface area contributed by atoms with E-state index >= 15 is 0 Å². The minimum atomic E-state index is 0. The Morgan fingerprint density at radius 1 is 0.455 bits per heavy atom. The van der Waals surface area contributed by atoms with Gasteiger partial charge in [0.05, 0.1) is 19.6 Å². The highest BCUT2D eigenvalue weighted by Crippen LogP contribution is 2.20. The van der Waals surface area contributed by atoms with Gasteiger partial charge in [-0.2, -0.15) is 0 Å². The summed E-state index contributed by atoms with van der Waals surface area (Å²) in [5.74, 6) is 0. The average molecular weight is 480 g/mol. The molecule has 194 valence electrons. The summed E-state index contributed by atoms with van der Waals surface area (Å²) in [6.07, 6.45) is 25.8. The molecule has 1 aromatic rings. The minimum Gasteiger partial charge on any atom is -1.00 e. The van der Waals surface area contributed by atoms with E-state index in [4.69, 9.17) is 0 Å². The maximum atomic E-state index is 2.36. The standard InChI is InChI=1S/C31H58N.ClH/c1-4-7-8-9-10-11-12-13-14-15-16-17-18-19-20-24-29-32(27-5-2,28-6-3)30-31-25-22-21-23-26-31;/h21-23,25-26H,4-20,24,27-30H2,1-3H3;1H/q+1;/p-1. The molecule has 0 amide bonds. The van der Waals surface area contributed by atoms with Gasteiger partial charge in [-0.15, -0.1) is 0 Å². The smallest absolute Gasteiger partial charge is 0.104 e. The highest BCUT2D eigenvalue weighted by molar-refractivity contribution is 5.13. The zero-order valence-corrected chi connectivity index (χ0v) is 23.5. The summed E-state index contributed by atoms with van der Waals surface area (Å²) in [5.41, 5.74) is 1.52. The quantitative estimate of drug-likeness (QED) is 0.116. The molecule has 0 atom stereocenters. The number of halogens is 1. The van der Waals surface area contributed by atoms with Gasteiger partial charge in [-0.05, 0) is 25.7 Å². The van der Waals surface area contributed by atoms with E-state index in [0.717, 1.165) is 0 Å². The fourth-order valence-corrected chi connectivity index (χ4v) is 5.49. The molecule has 0 aliphatic rings. The van der Waals surface area contributed by atoms with Gasteiger partial charge < -0.3 is 16.9 Å². The van der Waals surface area contributed by atoms with E-state index in [1.807, 2.05) is 0 Å². The molecule has 0 heterocycles. The molecule has 0 aromatic heterocycles. The van der Waals surface area contributed by atoms with Gasteiger partial charge in [0.15, 0.2) is 0 Å². The van der Waals surface area contributed by atoms with Crippen molar-refractivity contribution in [3.8, 4) is 0 Å². The second-order valence-corrected chi connectivity index (χ2v) is 10.5. The molecular weight excluding hydrogens is 422 g/mol. The molecule has 1 rings (SSSR count). The SMILES string of the molecule is CCCCCCCCCCCCCCCCCC[N+](CCC)(CCC)Cc1ccccc1.[Cl-]. The van der Waals surface area contributed by atoms with E-state index < -0.39 is 0 Å². The molecule has 0 spiro atoms. The van der Waals surface area contributed by atoms with Crippen molar-refractivity contribution in [3.63, 3.8) is 0 Å². The molecular formula is C31H58ClN. The van der Waals surface area contributed by atoms with Gasteiger partial charge in [-0.3, -0.25) is 0 Å². The van der Waals surface area contributed by atoms with Crippen LogP contribution in [0.15, 0.2) is 30.3 Å². The maximum Gasteiger partial charge on any atom is 0.104 e. The van der Waals surface area contributed by atoms with Crippen LogP contribution in [-0.2, 0) is 6.54 Å². The molecule has 33 heavy (non-hydrogen) atoms. The van der Waals surface area contributed by atoms with Crippen LogP contribution in [0.5, 0.6) is 0 Å². The maximum absolute atomic E-state index is 2.36. The van der Waals surface area contributed by atoms with Crippen LogP contribution in [-0.4, -0.2) is 24.1 Å². The van der Waals surface area contributed by atoms with Crippen LogP contribution in [0.2, 0.25) is 0 Å². The topological polar surface area (TPSA) is 0 Å². The van der Waals surface area contributed by atoms with Gasteiger partial charge in [0.1, 0.15) is 6.54 Å². The van der Waals surface area contributed by atoms with E-state index in [1.54, 1.807) is 0 Å². The summed E-state index contributed by atoms with van der Waals surface area (Å²) in [4.78, 5) is 0. The predicted molar refractivity (Wildman–Crippen MR) is 145 cm³/mol. The van der Waals surface area contributed by atoms with Crippen molar-refractivity contribution in [2.24, 2.45) is 0 Å². The summed E-state index contributed by atoms with van der Waals surface area (Å²) in [6, 6.07) is 11.2. The Balaban J connectivity index is 0.0000102. The number of quaternary nitrogens is 1. The third-order valence-corrected chi connectivity index (χ3v) is 7.24. The van der Waals surface area contributed by atoms with Crippen molar-refractivity contribution >= 4 is 0 Å². The Labute approximate surface area is 215 Å². The zero-order valence-electron chi connectivity index (χ0n) is 22.8. The second-order valence-electron chi connectivity index (χ2n) is 10.5. The summed E-state index contributed by atoms with van der Waals surface area (Å²) >= 11 is 0. The van der Waals surface area contributed by atoms with Gasteiger partial charge in [-0.1, -0.05) is 141 Å². The first-order valence-corrected chi connectivity index (χ1v) is 14.7. The van der Waals surface area contributed by atoms with Crippen molar-refractivity contribution in [3.05, 3.63) is 35.9 Å². The molecule has 0 saturated heterocycles. The summed E-state index contributed by atoms with van der Waals surface area (Å²) in [6.45, 7) is 12.3. The van der Waals surface area contributed by atoms with E-state index in [9.17, 15) is 0 Å². The third-order valence-electron chi connectivity index (χ3n) is 7.24. The van der Waals surface area contributed by atoms with Crippen LogP contribution in [0.1, 0.15) is 142 Å². The lowest BCUT2D eigenvalue weighted by Crippen LogP contribution is -3.00. The Morgan fingerprint density at radius 3 is 1.24 bits per heavy atom. The predicted octanol–water partition coefficient (Wildman–Crippen LogP) is 7.09. The second kappa shape index (κ2) is 23.2. The Bertz CT molecular complexity index is 495. The number of rotatable bonds is 23. The molecule has 0 bridgehead atoms. The van der Waals surface area contributed by atoms with Crippen molar-refractivity contribution in [2.45, 2.75) is 143 Å². The fraction of sp³-hybridized carbons (Fsp3) is 0.806. The molecule has 0 unspecified atom stereocenters. The Hall–Kier alpha value is -0.530. The lowest BCUT2D eigenvalue weighted by molar-refractivity contribution is -0.941. The number of nitrogens with zero attached hydrogens (tertiary/aromatic N) is 1. The van der Waals surface area contributed by atoms with Crippen LogP contribution < -0.4 is 12.4 Å². The van der Waals surface area contributed by atoms with Crippen LogP contribution in [0.4, 0.5) is 0 Å². The monoisotopic (exact) mass is 479 g/mol. The van der Waals surface area contributed by atoms with Crippen molar-refractivity contribution in [1.29, 1.82) is 0 Å². The molecule has 2 heteroatoms. The largest absolute Gasteiger partial charge is 1.00 e. The molecule has 1 nitrogen and oxygen atoms in total. The van der Waals surface area contributed by atoms with Gasteiger partial charge in [0, 0.05) is 5.56 Å². The molecule has 0 fully saturated rings. The van der Waals surface area contributed by atoms with Crippen LogP contribution >= 0.6 is 0 Å². The first-order chi connectivity index (χ1) is 15.8. The van der Waals surface area contributed by atoms with Gasteiger partial charge in [0.25, 0.3) is 0 Å². The van der Waals surface area contributed by atoms with Gasteiger partial charge >= 0.3 is 0 Å².